The van der Waals surface area contributed by atoms with Gasteiger partial charge in [0.15, 0.2) is 5.82 Å². The summed E-state index contributed by atoms with van der Waals surface area (Å²) >= 11 is 6.49. The second kappa shape index (κ2) is 2.80. The zero-order valence-corrected chi connectivity index (χ0v) is 7.95. The number of aromatic nitrogens is 4. The van der Waals surface area contributed by atoms with Gasteiger partial charge in [0.05, 0.1) is 10.4 Å². The van der Waals surface area contributed by atoms with Crippen LogP contribution in [-0.2, 0) is 7.05 Å². The Morgan fingerprint density at radius 3 is 3.00 bits per heavy atom. The van der Waals surface area contributed by atoms with Gasteiger partial charge in [-0.05, 0) is 12.2 Å². The molecule has 0 unspecified atom stereocenters. The van der Waals surface area contributed by atoms with Crippen LogP contribution in [0.1, 0.15) is 0 Å². The van der Waals surface area contributed by atoms with Crippen molar-refractivity contribution in [3.05, 3.63) is 16.5 Å². The fourth-order valence-electron chi connectivity index (χ4n) is 0.845. The molecule has 2 rings (SSSR count). The summed E-state index contributed by atoms with van der Waals surface area (Å²) in [4.78, 5) is 9.10. The van der Waals surface area contributed by atoms with Crippen molar-refractivity contribution in [2.24, 2.45) is 7.05 Å². The maximum absolute atomic E-state index is 4.95. The van der Waals surface area contributed by atoms with E-state index in [0.29, 0.717) is 4.77 Å². The fraction of sp³-hybridized carbons (Fsp3) is 0.167. The van der Waals surface area contributed by atoms with Crippen LogP contribution in [0.5, 0.6) is 0 Å². The van der Waals surface area contributed by atoms with Gasteiger partial charge >= 0.3 is 0 Å². The van der Waals surface area contributed by atoms with Crippen molar-refractivity contribution in [1.82, 2.24) is 19.7 Å². The number of aryl methyl sites for hydroxylation is 1. The van der Waals surface area contributed by atoms with Crippen LogP contribution in [0, 0.1) is 4.77 Å². The van der Waals surface area contributed by atoms with Crippen LogP contribution in [0.2, 0.25) is 0 Å². The molecule has 6 heteroatoms. The lowest BCUT2D eigenvalue weighted by molar-refractivity contribution is 0.756. The molecular formula is C6H6N4S2. The second-order valence-electron chi connectivity index (χ2n) is 2.28. The average molecular weight is 198 g/mol. The van der Waals surface area contributed by atoms with Crippen molar-refractivity contribution in [3.63, 3.8) is 0 Å². The first-order valence-corrected chi connectivity index (χ1v) is 4.58. The zero-order valence-electron chi connectivity index (χ0n) is 6.31. The maximum atomic E-state index is 4.95. The number of nitrogens with zero attached hydrogens (tertiary/aromatic N) is 3. The third-order valence-corrected chi connectivity index (χ3v) is 2.58. The molecule has 0 radical (unpaired) electrons. The Hall–Kier alpha value is -1.01. The lowest BCUT2D eigenvalue weighted by Gasteiger charge is -1.86. The lowest BCUT2D eigenvalue weighted by atomic mass is 10.5. The second-order valence-corrected chi connectivity index (χ2v) is 3.53. The van der Waals surface area contributed by atoms with Crippen LogP contribution in [0.4, 0.5) is 0 Å². The number of H-pyrrole nitrogens is 1. The van der Waals surface area contributed by atoms with Gasteiger partial charge in [-0.15, -0.1) is 11.3 Å². The monoisotopic (exact) mass is 198 g/mol. The molecule has 0 spiro atoms. The maximum Gasteiger partial charge on any atom is 0.216 e. The fourth-order valence-corrected chi connectivity index (χ4v) is 1.54. The van der Waals surface area contributed by atoms with E-state index in [1.165, 1.54) is 11.3 Å². The highest BCUT2D eigenvalue weighted by Crippen LogP contribution is 2.18. The quantitative estimate of drug-likeness (QED) is 0.708. The average Bonchev–Trinajstić information content (AvgIpc) is 2.61. The summed E-state index contributed by atoms with van der Waals surface area (Å²) in [5, 5.41) is 3.02. The Kier molecular flexibility index (Phi) is 1.78. The molecule has 2 aromatic rings. The Morgan fingerprint density at radius 2 is 2.50 bits per heavy atom. The molecular weight excluding hydrogens is 192 g/mol. The van der Waals surface area contributed by atoms with Gasteiger partial charge in [0.25, 0.3) is 0 Å². The van der Waals surface area contributed by atoms with E-state index in [1.54, 1.807) is 16.4 Å². The third kappa shape index (κ3) is 1.19. The van der Waals surface area contributed by atoms with E-state index in [2.05, 4.69) is 15.1 Å². The van der Waals surface area contributed by atoms with Gasteiger partial charge in [0.1, 0.15) is 0 Å². The van der Waals surface area contributed by atoms with Crippen LogP contribution >= 0.6 is 23.6 Å². The standard InChI is InChI=1S/C6H6N4S2/c1-10-6(11)8-5(9-10)4-2-7-3-12-4/h2-3H,1H3,(H,8,9,11). The molecule has 12 heavy (non-hydrogen) atoms. The van der Waals surface area contributed by atoms with Crippen LogP contribution < -0.4 is 0 Å². The highest BCUT2D eigenvalue weighted by atomic mass is 32.1. The Bertz CT molecular complexity index is 425. The van der Waals surface area contributed by atoms with E-state index in [9.17, 15) is 0 Å². The van der Waals surface area contributed by atoms with Crippen LogP contribution in [0.25, 0.3) is 10.7 Å². The number of hydrogen-bond acceptors (Lipinski definition) is 4. The zero-order chi connectivity index (χ0) is 8.55. The SMILES string of the molecule is Cn1[nH]c(-c2cncs2)nc1=S. The summed E-state index contributed by atoms with van der Waals surface area (Å²) in [6.45, 7) is 0. The number of hydrogen-bond donors (Lipinski definition) is 1. The van der Waals surface area contributed by atoms with Gasteiger partial charge < -0.3 is 0 Å². The smallest absolute Gasteiger partial charge is 0.216 e. The van der Waals surface area contributed by atoms with Gasteiger partial charge in [0, 0.05) is 13.2 Å². The van der Waals surface area contributed by atoms with Crippen LogP contribution in [-0.4, -0.2) is 19.7 Å². The van der Waals surface area contributed by atoms with Crippen LogP contribution in [0.3, 0.4) is 0 Å². The minimum atomic E-state index is 0.554. The van der Waals surface area contributed by atoms with E-state index in [0.717, 1.165) is 10.7 Å². The molecule has 1 N–H and O–H groups in total. The molecule has 0 saturated heterocycles. The summed E-state index contributed by atoms with van der Waals surface area (Å²) in [6.07, 6.45) is 1.76. The van der Waals surface area contributed by atoms with E-state index in [1.807, 2.05) is 7.05 Å². The van der Waals surface area contributed by atoms with Crippen molar-refractivity contribution in [3.8, 4) is 10.7 Å². The van der Waals surface area contributed by atoms with Gasteiger partial charge in [0.2, 0.25) is 4.77 Å². The molecule has 0 atom stereocenters. The molecule has 0 fully saturated rings. The van der Waals surface area contributed by atoms with Gasteiger partial charge in [-0.1, -0.05) is 0 Å². The van der Waals surface area contributed by atoms with Crippen molar-refractivity contribution < 1.29 is 0 Å². The first-order valence-electron chi connectivity index (χ1n) is 3.29. The summed E-state index contributed by atoms with van der Waals surface area (Å²) in [6, 6.07) is 0. The molecule has 0 amide bonds. The van der Waals surface area contributed by atoms with Gasteiger partial charge in [-0.2, -0.15) is 4.98 Å². The summed E-state index contributed by atoms with van der Waals surface area (Å²) in [5.41, 5.74) is 1.76. The van der Waals surface area contributed by atoms with E-state index >= 15 is 0 Å². The van der Waals surface area contributed by atoms with E-state index in [-0.39, 0.29) is 0 Å². The number of aromatic amines is 1. The minimum absolute atomic E-state index is 0.554. The predicted octanol–water partition coefficient (Wildman–Crippen LogP) is 1.60. The summed E-state index contributed by atoms with van der Waals surface area (Å²) in [7, 11) is 1.83. The molecule has 0 bridgehead atoms. The van der Waals surface area contributed by atoms with Crippen molar-refractivity contribution in [1.29, 1.82) is 0 Å². The largest absolute Gasteiger partial charge is 0.279 e. The number of nitrogens with one attached hydrogen (secondary N) is 1. The Balaban J connectivity index is 2.56. The topological polar surface area (TPSA) is 46.5 Å². The van der Waals surface area contributed by atoms with Gasteiger partial charge in [-0.3, -0.25) is 14.8 Å². The Morgan fingerprint density at radius 1 is 1.67 bits per heavy atom. The van der Waals surface area contributed by atoms with Gasteiger partial charge in [-0.25, -0.2) is 0 Å². The summed E-state index contributed by atoms with van der Waals surface area (Å²) < 4.78 is 2.25. The molecule has 2 heterocycles. The first-order chi connectivity index (χ1) is 5.77. The molecule has 0 aliphatic rings. The first kappa shape index (κ1) is 7.63. The van der Waals surface area contributed by atoms with Crippen molar-refractivity contribution in [2.75, 3.05) is 0 Å². The molecule has 0 saturated carbocycles. The third-order valence-electron chi connectivity index (χ3n) is 1.43. The van der Waals surface area contributed by atoms with E-state index < -0.39 is 0 Å². The molecule has 2 aromatic heterocycles. The lowest BCUT2D eigenvalue weighted by Crippen LogP contribution is -1.88. The molecule has 4 nitrogen and oxygen atoms in total. The van der Waals surface area contributed by atoms with Crippen molar-refractivity contribution >= 4 is 23.6 Å². The number of rotatable bonds is 1. The molecule has 0 aliphatic carbocycles. The highest BCUT2D eigenvalue weighted by Gasteiger charge is 2.03. The molecule has 0 aliphatic heterocycles. The molecule has 0 aromatic carbocycles. The van der Waals surface area contributed by atoms with E-state index in [4.69, 9.17) is 12.2 Å². The normalized spacial score (nSPS) is 10.4. The predicted molar refractivity (Wildman–Crippen MR) is 49.5 cm³/mol. The van der Waals surface area contributed by atoms with Crippen molar-refractivity contribution in [2.45, 2.75) is 0 Å². The highest BCUT2D eigenvalue weighted by molar-refractivity contribution is 7.71. The molecule has 62 valence electrons. The summed E-state index contributed by atoms with van der Waals surface area (Å²) in [5.74, 6) is 0.782. The Labute approximate surface area is 77.9 Å². The minimum Gasteiger partial charge on any atom is -0.279 e. The number of thiazole rings is 1. The van der Waals surface area contributed by atoms with Crippen LogP contribution in [0.15, 0.2) is 11.7 Å².